The zero-order chi connectivity index (χ0) is 20.8. The highest BCUT2D eigenvalue weighted by molar-refractivity contribution is 5.99. The van der Waals surface area contributed by atoms with Crippen molar-refractivity contribution in [3.8, 4) is 29.2 Å². The Kier molecular flexibility index (Phi) is 5.97. The fourth-order valence-corrected chi connectivity index (χ4v) is 2.61. The number of hydrogen-bond donors (Lipinski definition) is 1. The van der Waals surface area contributed by atoms with Gasteiger partial charge in [0.15, 0.2) is 11.5 Å². The number of carbonyl (C=O) groups is 1. The van der Waals surface area contributed by atoms with Gasteiger partial charge in [-0.2, -0.15) is 5.26 Å². The minimum Gasteiger partial charge on any atom is -0.507 e. The molecule has 144 valence electrons. The van der Waals surface area contributed by atoms with Gasteiger partial charge in [-0.3, -0.25) is 4.79 Å². The molecule has 0 atom stereocenters. The quantitative estimate of drug-likeness (QED) is 0.600. The topological polar surface area (TPSA) is 92.4 Å². The number of nitriles is 1. The molecule has 0 radical (unpaired) electrons. The highest BCUT2D eigenvalue weighted by atomic mass is 16.5. The molecular formula is C23H18N2O4. The van der Waals surface area contributed by atoms with Crippen molar-refractivity contribution in [2.45, 2.75) is 26.9 Å². The summed E-state index contributed by atoms with van der Waals surface area (Å²) in [5, 5.41) is 19.1. The number of ether oxygens (including phenoxy) is 2. The molecule has 6 heteroatoms. The van der Waals surface area contributed by atoms with Crippen LogP contribution in [0.25, 0.3) is 0 Å². The van der Waals surface area contributed by atoms with Crippen molar-refractivity contribution < 1.29 is 19.4 Å². The summed E-state index contributed by atoms with van der Waals surface area (Å²) < 4.78 is 11.3. The van der Waals surface area contributed by atoms with E-state index in [0.29, 0.717) is 40.5 Å². The van der Waals surface area contributed by atoms with Crippen molar-refractivity contribution in [3.63, 3.8) is 0 Å². The number of phenolic OH excluding ortho intramolecular Hbond substituents is 1. The van der Waals surface area contributed by atoms with Gasteiger partial charge >= 0.3 is 0 Å². The summed E-state index contributed by atoms with van der Waals surface area (Å²) in [6, 6.07) is 17.3. The lowest BCUT2D eigenvalue weighted by Crippen LogP contribution is -2.02. The molecule has 6 nitrogen and oxygen atoms in total. The molecule has 2 aromatic carbocycles. The van der Waals surface area contributed by atoms with Crippen LogP contribution in [0.1, 0.15) is 40.4 Å². The van der Waals surface area contributed by atoms with Crippen molar-refractivity contribution in [1.82, 2.24) is 4.98 Å². The van der Waals surface area contributed by atoms with E-state index in [4.69, 9.17) is 14.7 Å². The second-order valence-corrected chi connectivity index (χ2v) is 6.25. The van der Waals surface area contributed by atoms with E-state index in [2.05, 4.69) is 17.1 Å². The van der Waals surface area contributed by atoms with Gasteiger partial charge in [-0.15, -0.1) is 0 Å². The Bertz CT molecular complexity index is 1070. The van der Waals surface area contributed by atoms with Crippen molar-refractivity contribution in [3.05, 3.63) is 77.0 Å². The normalized spacial score (nSPS) is 9.97. The average molecular weight is 386 g/mol. The molecule has 0 unspecified atom stereocenters. The molecule has 0 bridgehead atoms. The molecule has 0 saturated carbocycles. The van der Waals surface area contributed by atoms with Crippen LogP contribution in [-0.4, -0.2) is 15.9 Å². The van der Waals surface area contributed by atoms with Crippen LogP contribution in [0.3, 0.4) is 0 Å². The summed E-state index contributed by atoms with van der Waals surface area (Å²) >= 11 is 0. The van der Waals surface area contributed by atoms with E-state index in [0.717, 1.165) is 5.56 Å². The minimum absolute atomic E-state index is 0.0520. The lowest BCUT2D eigenvalue weighted by Gasteiger charge is -2.12. The van der Waals surface area contributed by atoms with E-state index in [1.165, 1.54) is 6.07 Å². The predicted octanol–water partition coefficient (Wildman–Crippen LogP) is 4.53. The van der Waals surface area contributed by atoms with Crippen LogP contribution < -0.4 is 9.47 Å². The van der Waals surface area contributed by atoms with Gasteiger partial charge in [0.1, 0.15) is 18.1 Å². The third-order valence-electron chi connectivity index (χ3n) is 4.25. The molecule has 0 aliphatic rings. The summed E-state index contributed by atoms with van der Waals surface area (Å²) in [5.41, 5.74) is 2.04. The first-order chi connectivity index (χ1) is 14.0. The second kappa shape index (κ2) is 8.77. The number of ketones is 1. The van der Waals surface area contributed by atoms with Gasteiger partial charge in [0.05, 0.1) is 17.2 Å². The summed E-state index contributed by atoms with van der Waals surface area (Å²) in [5.74, 6) is 1.03. The van der Waals surface area contributed by atoms with Crippen LogP contribution in [0.4, 0.5) is 0 Å². The maximum atomic E-state index is 11.8. The standard InChI is InChI=1S/C23H18N2O4/c1-3-20(26)19-8-9-21(15(2)23(19)27)28-14-17-7-10-22(25-13-17)29-18-6-4-5-16(11-18)12-24/h5,7-11,13,27H,3,14H2,1-2H3. The lowest BCUT2D eigenvalue weighted by molar-refractivity contribution is 0.0985. The Morgan fingerprint density at radius 3 is 2.83 bits per heavy atom. The first kappa shape index (κ1) is 19.7. The molecule has 0 aliphatic heterocycles. The largest absolute Gasteiger partial charge is 0.507 e. The summed E-state index contributed by atoms with van der Waals surface area (Å²) in [6.07, 6.45) is 1.93. The number of aromatic hydroxyl groups is 1. The van der Waals surface area contributed by atoms with Gasteiger partial charge in [-0.1, -0.05) is 13.0 Å². The van der Waals surface area contributed by atoms with Crippen LogP contribution in [0.15, 0.2) is 42.6 Å². The number of Topliss-reactive ketones (excluding diaryl/α,β-unsaturated/α-hetero) is 1. The average Bonchev–Trinajstić information content (AvgIpc) is 2.75. The van der Waals surface area contributed by atoms with Crippen LogP contribution in [-0.2, 0) is 6.61 Å². The Balaban J connectivity index is 1.65. The minimum atomic E-state index is -0.118. The highest BCUT2D eigenvalue weighted by Gasteiger charge is 2.14. The number of phenols is 1. The number of aromatic nitrogens is 1. The molecule has 0 spiro atoms. The second-order valence-electron chi connectivity index (χ2n) is 6.25. The zero-order valence-corrected chi connectivity index (χ0v) is 16.0. The van der Waals surface area contributed by atoms with Gasteiger partial charge in [0.2, 0.25) is 5.88 Å². The molecule has 0 saturated heterocycles. The summed E-state index contributed by atoms with van der Waals surface area (Å²) in [4.78, 5) is 16.1. The Labute approximate surface area is 169 Å². The van der Waals surface area contributed by atoms with Crippen LogP contribution >= 0.6 is 0 Å². The summed E-state index contributed by atoms with van der Waals surface area (Å²) in [6.45, 7) is 3.69. The predicted molar refractivity (Wildman–Crippen MR) is 105 cm³/mol. The van der Waals surface area contributed by atoms with Gasteiger partial charge in [-0.25, -0.2) is 4.98 Å². The van der Waals surface area contributed by atoms with Crippen molar-refractivity contribution >= 4 is 5.78 Å². The molecule has 1 heterocycles. The Morgan fingerprint density at radius 2 is 2.14 bits per heavy atom. The number of hydrogen-bond acceptors (Lipinski definition) is 6. The third kappa shape index (κ3) is 4.63. The molecule has 3 aromatic rings. The molecule has 0 fully saturated rings. The van der Waals surface area contributed by atoms with Crippen molar-refractivity contribution in [1.29, 1.82) is 5.26 Å². The summed E-state index contributed by atoms with van der Waals surface area (Å²) in [7, 11) is 0. The molecular weight excluding hydrogens is 368 g/mol. The van der Waals surface area contributed by atoms with Gasteiger partial charge in [-0.05, 0) is 31.2 Å². The smallest absolute Gasteiger partial charge is 0.220 e. The van der Waals surface area contributed by atoms with E-state index in [1.807, 2.05) is 6.07 Å². The fraction of sp³-hybridized carbons (Fsp3) is 0.174. The molecule has 0 aliphatic carbocycles. The van der Waals surface area contributed by atoms with E-state index in [-0.39, 0.29) is 18.1 Å². The molecule has 3 rings (SSSR count). The maximum Gasteiger partial charge on any atom is 0.220 e. The van der Waals surface area contributed by atoms with Crippen molar-refractivity contribution in [2.75, 3.05) is 0 Å². The van der Waals surface area contributed by atoms with Crippen LogP contribution in [0.2, 0.25) is 0 Å². The zero-order valence-electron chi connectivity index (χ0n) is 16.0. The lowest BCUT2D eigenvalue weighted by atomic mass is 10.0. The Hall–Kier alpha value is -4.03. The Morgan fingerprint density at radius 1 is 1.31 bits per heavy atom. The molecule has 29 heavy (non-hydrogen) atoms. The molecule has 1 aromatic heterocycles. The first-order valence-corrected chi connectivity index (χ1v) is 8.96. The third-order valence-corrected chi connectivity index (χ3v) is 4.25. The van der Waals surface area contributed by atoms with Gasteiger partial charge in [0.25, 0.3) is 0 Å². The number of nitrogens with zero attached hydrogens (tertiary/aromatic N) is 2. The van der Waals surface area contributed by atoms with E-state index in [1.54, 1.807) is 50.4 Å². The number of carbonyl (C=O) groups excluding carboxylic acids is 1. The number of pyridine rings is 1. The molecule has 0 amide bonds. The van der Waals surface area contributed by atoms with Crippen molar-refractivity contribution in [2.24, 2.45) is 0 Å². The SMILES string of the molecule is CCC(=O)c1ccc(OCc2ccc(Oc3c#ccc(C#N)c3)nc2)c(C)c1O. The van der Waals surface area contributed by atoms with Crippen LogP contribution in [0, 0.1) is 30.4 Å². The highest BCUT2D eigenvalue weighted by Crippen LogP contribution is 2.31. The number of benzene rings is 1. The maximum absolute atomic E-state index is 11.8. The van der Waals surface area contributed by atoms with Gasteiger partial charge in [0, 0.05) is 41.9 Å². The number of rotatable bonds is 7. The van der Waals surface area contributed by atoms with Crippen LogP contribution in [0.5, 0.6) is 23.1 Å². The fourth-order valence-electron chi connectivity index (χ4n) is 2.61. The van der Waals surface area contributed by atoms with Gasteiger partial charge < -0.3 is 14.6 Å². The van der Waals surface area contributed by atoms with E-state index >= 15 is 0 Å². The monoisotopic (exact) mass is 386 g/mol. The van der Waals surface area contributed by atoms with E-state index < -0.39 is 0 Å². The van der Waals surface area contributed by atoms with E-state index in [9.17, 15) is 9.90 Å². The molecule has 1 N–H and O–H groups in total. The first-order valence-electron chi connectivity index (χ1n) is 8.96.